The maximum absolute atomic E-state index is 12.0. The average Bonchev–Trinajstić information content (AvgIpc) is 2.21. The molecule has 0 radical (unpaired) electrons. The zero-order chi connectivity index (χ0) is 13.0. The van der Waals surface area contributed by atoms with Crippen molar-refractivity contribution < 1.29 is 13.8 Å². The molecule has 1 heterocycles. The summed E-state index contributed by atoms with van der Waals surface area (Å²) in [7, 11) is -0.846. The summed E-state index contributed by atoms with van der Waals surface area (Å²) < 4.78 is 10.9. The second kappa shape index (κ2) is 6.14. The number of nitrogens with one attached hydrogen (secondary N) is 1. The minimum atomic E-state index is -0.846. The van der Waals surface area contributed by atoms with Gasteiger partial charge in [-0.25, -0.2) is 0 Å². The van der Waals surface area contributed by atoms with Gasteiger partial charge < -0.3 is 10.2 Å². The third kappa shape index (κ3) is 4.11. The van der Waals surface area contributed by atoms with Crippen molar-refractivity contribution in [3.63, 3.8) is 0 Å². The topological polar surface area (TPSA) is 66.5 Å². The van der Waals surface area contributed by atoms with Crippen LogP contribution in [0.1, 0.15) is 20.3 Å². The average molecular weight is 260 g/mol. The van der Waals surface area contributed by atoms with Crippen molar-refractivity contribution in [2.75, 3.05) is 25.1 Å². The van der Waals surface area contributed by atoms with E-state index in [0.29, 0.717) is 18.7 Å². The molecule has 1 aliphatic heterocycles. The Bertz CT molecular complexity index is 331. The Morgan fingerprint density at radius 2 is 2.12 bits per heavy atom. The predicted octanol–water partition coefficient (Wildman–Crippen LogP) is -0.262. The molecule has 1 N–H and O–H groups in total. The van der Waals surface area contributed by atoms with Crippen molar-refractivity contribution in [2.24, 2.45) is 5.92 Å². The summed E-state index contributed by atoms with van der Waals surface area (Å²) in [6, 6.07) is -0.414. The van der Waals surface area contributed by atoms with E-state index < -0.39 is 16.8 Å². The first-order chi connectivity index (χ1) is 7.91. The van der Waals surface area contributed by atoms with Crippen LogP contribution in [0.25, 0.3) is 0 Å². The smallest absolute Gasteiger partial charge is 0.245 e. The van der Waals surface area contributed by atoms with Gasteiger partial charge in [0.1, 0.15) is 6.04 Å². The zero-order valence-corrected chi connectivity index (χ0v) is 11.4. The normalized spacial score (nSPS) is 22.8. The lowest BCUT2D eigenvalue weighted by Gasteiger charge is -2.34. The van der Waals surface area contributed by atoms with Crippen molar-refractivity contribution >= 4 is 22.6 Å². The van der Waals surface area contributed by atoms with E-state index in [9.17, 15) is 13.8 Å². The number of carbonyl (C=O) groups is 2. The molecule has 1 rings (SSSR count). The molecule has 2 atom stereocenters. The van der Waals surface area contributed by atoms with Crippen LogP contribution in [0.5, 0.6) is 0 Å². The fourth-order valence-electron chi connectivity index (χ4n) is 1.83. The number of nitrogens with zero attached hydrogens (tertiary/aromatic N) is 1. The molecule has 1 aliphatic rings. The second-order valence-corrected chi connectivity index (χ2v) is 6.23. The van der Waals surface area contributed by atoms with Crippen LogP contribution in [0.4, 0.5) is 0 Å². The van der Waals surface area contributed by atoms with Crippen LogP contribution in [0.2, 0.25) is 0 Å². The van der Waals surface area contributed by atoms with Crippen LogP contribution in [0.15, 0.2) is 0 Å². The predicted molar refractivity (Wildman–Crippen MR) is 66.9 cm³/mol. The molecule has 0 bridgehead atoms. The number of rotatable bonds is 5. The highest BCUT2D eigenvalue weighted by Crippen LogP contribution is 2.11. The first kappa shape index (κ1) is 14.2. The lowest BCUT2D eigenvalue weighted by Crippen LogP contribution is -2.59. The van der Waals surface area contributed by atoms with Gasteiger partial charge in [0, 0.05) is 29.4 Å². The van der Waals surface area contributed by atoms with Crippen molar-refractivity contribution in [1.29, 1.82) is 0 Å². The van der Waals surface area contributed by atoms with Gasteiger partial charge in [-0.3, -0.25) is 13.8 Å². The SMILES string of the molecule is CC(C)C1NC(=O)CN(CCCS(C)=O)C1=O. The molecule has 98 valence electrons. The molecule has 0 aromatic carbocycles. The van der Waals surface area contributed by atoms with Crippen molar-refractivity contribution in [3.8, 4) is 0 Å². The Balaban J connectivity index is 2.55. The van der Waals surface area contributed by atoms with E-state index >= 15 is 0 Å². The van der Waals surface area contributed by atoms with Gasteiger partial charge in [-0.05, 0) is 12.3 Å². The molecule has 5 nitrogen and oxygen atoms in total. The van der Waals surface area contributed by atoms with E-state index in [1.54, 1.807) is 11.2 Å². The zero-order valence-electron chi connectivity index (χ0n) is 10.6. The van der Waals surface area contributed by atoms with E-state index in [0.717, 1.165) is 0 Å². The summed E-state index contributed by atoms with van der Waals surface area (Å²) in [6.45, 7) is 4.45. The van der Waals surface area contributed by atoms with Crippen LogP contribution in [-0.2, 0) is 20.4 Å². The summed E-state index contributed by atoms with van der Waals surface area (Å²) >= 11 is 0. The molecule has 0 aromatic heterocycles. The molecule has 17 heavy (non-hydrogen) atoms. The lowest BCUT2D eigenvalue weighted by molar-refractivity contribution is -0.145. The summed E-state index contributed by atoms with van der Waals surface area (Å²) in [4.78, 5) is 25.1. The number of piperazine rings is 1. The monoisotopic (exact) mass is 260 g/mol. The number of amides is 2. The molecule has 6 heteroatoms. The van der Waals surface area contributed by atoms with Gasteiger partial charge in [-0.1, -0.05) is 13.8 Å². The molecule has 1 saturated heterocycles. The second-order valence-electron chi connectivity index (χ2n) is 4.68. The Labute approximate surface area is 104 Å². The van der Waals surface area contributed by atoms with Gasteiger partial charge in [-0.2, -0.15) is 0 Å². The minimum Gasteiger partial charge on any atom is -0.343 e. The molecule has 0 spiro atoms. The summed E-state index contributed by atoms with van der Waals surface area (Å²) in [5.74, 6) is 0.523. The summed E-state index contributed by atoms with van der Waals surface area (Å²) in [5.41, 5.74) is 0. The highest BCUT2D eigenvalue weighted by Gasteiger charge is 2.33. The number of hydrogen-bond donors (Lipinski definition) is 1. The van der Waals surface area contributed by atoms with Crippen LogP contribution in [0, 0.1) is 5.92 Å². The molecule has 0 saturated carbocycles. The third-order valence-corrected chi connectivity index (χ3v) is 3.62. The Hall–Kier alpha value is -0.910. The van der Waals surface area contributed by atoms with Gasteiger partial charge in [0.15, 0.2) is 0 Å². The van der Waals surface area contributed by atoms with Crippen LogP contribution >= 0.6 is 0 Å². The minimum absolute atomic E-state index is 0.0264. The fraction of sp³-hybridized carbons (Fsp3) is 0.818. The maximum atomic E-state index is 12.0. The van der Waals surface area contributed by atoms with Gasteiger partial charge in [0.25, 0.3) is 0 Å². The Morgan fingerprint density at radius 3 is 2.65 bits per heavy atom. The number of carbonyl (C=O) groups excluding carboxylic acids is 2. The van der Waals surface area contributed by atoms with Crippen molar-refractivity contribution in [3.05, 3.63) is 0 Å². The van der Waals surface area contributed by atoms with E-state index in [-0.39, 0.29) is 24.3 Å². The van der Waals surface area contributed by atoms with Gasteiger partial charge in [0.05, 0.1) is 6.54 Å². The molecule has 2 amide bonds. The fourth-order valence-corrected chi connectivity index (χ4v) is 2.36. The van der Waals surface area contributed by atoms with E-state index in [1.807, 2.05) is 13.8 Å². The molecule has 0 aromatic rings. The highest BCUT2D eigenvalue weighted by atomic mass is 32.2. The molecular weight excluding hydrogens is 240 g/mol. The number of hydrogen-bond acceptors (Lipinski definition) is 3. The molecule has 0 aliphatic carbocycles. The highest BCUT2D eigenvalue weighted by molar-refractivity contribution is 7.84. The summed E-state index contributed by atoms with van der Waals surface area (Å²) in [5, 5.41) is 2.70. The first-order valence-corrected chi connectivity index (χ1v) is 7.52. The quantitative estimate of drug-likeness (QED) is 0.740. The van der Waals surface area contributed by atoms with Gasteiger partial charge >= 0.3 is 0 Å². The standard InChI is InChI=1S/C11H20N2O3S/c1-8(2)10-11(15)13(7-9(14)12-10)5-4-6-17(3)16/h8,10H,4-7H2,1-3H3,(H,12,14). The van der Waals surface area contributed by atoms with Crippen LogP contribution in [0.3, 0.4) is 0 Å². The van der Waals surface area contributed by atoms with Gasteiger partial charge in [0.2, 0.25) is 11.8 Å². The largest absolute Gasteiger partial charge is 0.343 e. The molecule has 1 fully saturated rings. The molecular formula is C11H20N2O3S. The van der Waals surface area contributed by atoms with Crippen LogP contribution in [-0.4, -0.2) is 52.1 Å². The third-order valence-electron chi connectivity index (χ3n) is 2.76. The van der Waals surface area contributed by atoms with Crippen molar-refractivity contribution in [1.82, 2.24) is 10.2 Å². The van der Waals surface area contributed by atoms with Crippen LogP contribution < -0.4 is 5.32 Å². The molecule has 2 unspecified atom stereocenters. The Morgan fingerprint density at radius 1 is 1.47 bits per heavy atom. The Kier molecular flexibility index (Phi) is 5.11. The van der Waals surface area contributed by atoms with E-state index in [4.69, 9.17) is 0 Å². The maximum Gasteiger partial charge on any atom is 0.245 e. The summed E-state index contributed by atoms with van der Waals surface area (Å²) in [6.07, 6.45) is 2.31. The van der Waals surface area contributed by atoms with Gasteiger partial charge in [-0.15, -0.1) is 0 Å². The first-order valence-electron chi connectivity index (χ1n) is 5.80. The van der Waals surface area contributed by atoms with Crippen molar-refractivity contribution in [2.45, 2.75) is 26.3 Å². The van der Waals surface area contributed by atoms with E-state index in [2.05, 4.69) is 5.32 Å². The lowest BCUT2D eigenvalue weighted by atomic mass is 10.0. The van der Waals surface area contributed by atoms with E-state index in [1.165, 1.54) is 0 Å².